The van der Waals surface area contributed by atoms with Crippen LogP contribution in [0, 0.1) is 5.82 Å². The Hall–Kier alpha value is -3.93. The van der Waals surface area contributed by atoms with Crippen LogP contribution in [0.3, 0.4) is 0 Å². The van der Waals surface area contributed by atoms with Crippen LogP contribution in [0.5, 0.6) is 11.6 Å². The summed E-state index contributed by atoms with van der Waals surface area (Å²) >= 11 is 0. The third kappa shape index (κ3) is 6.13. The van der Waals surface area contributed by atoms with Crippen molar-refractivity contribution >= 4 is 16.8 Å². The van der Waals surface area contributed by atoms with Crippen molar-refractivity contribution in [1.29, 1.82) is 0 Å². The minimum absolute atomic E-state index is 0.0907. The van der Waals surface area contributed by atoms with Gasteiger partial charge in [0, 0.05) is 30.5 Å². The number of nitrogens with zero attached hydrogens (tertiary/aromatic N) is 3. The van der Waals surface area contributed by atoms with E-state index < -0.39 is 22.7 Å². The molecule has 2 aromatic carbocycles. The van der Waals surface area contributed by atoms with Gasteiger partial charge in [-0.2, -0.15) is 0 Å². The molecule has 2 atom stereocenters. The maximum absolute atomic E-state index is 15.8. The average Bonchev–Trinajstić information content (AvgIpc) is 2.94. The first-order chi connectivity index (χ1) is 18.6. The van der Waals surface area contributed by atoms with Crippen LogP contribution in [-0.4, -0.2) is 42.5 Å². The molecule has 196 valence electrons. The van der Waals surface area contributed by atoms with Crippen molar-refractivity contribution in [1.82, 2.24) is 25.0 Å². The van der Waals surface area contributed by atoms with Crippen molar-refractivity contribution < 1.29 is 17.5 Å². The van der Waals surface area contributed by atoms with Crippen LogP contribution < -0.4 is 20.1 Å². The van der Waals surface area contributed by atoms with E-state index >= 15 is 4.39 Å². The molecule has 0 aliphatic carbocycles. The number of thiol groups is 1. The molecule has 1 aliphatic heterocycles. The summed E-state index contributed by atoms with van der Waals surface area (Å²) in [6, 6.07) is 18.0. The van der Waals surface area contributed by atoms with Gasteiger partial charge < -0.3 is 15.4 Å². The highest BCUT2D eigenvalue weighted by Gasteiger charge is 2.22. The lowest BCUT2D eigenvalue weighted by Crippen LogP contribution is -2.38. The number of hydrogen-bond donors (Lipinski definition) is 4. The Morgan fingerprint density at radius 3 is 2.66 bits per heavy atom. The van der Waals surface area contributed by atoms with Gasteiger partial charge in [-0.1, -0.05) is 42.5 Å². The fraction of sp³-hybridized carbons (Fsp3) is 0.222. The molecule has 1 fully saturated rings. The van der Waals surface area contributed by atoms with E-state index in [-0.39, 0.29) is 23.2 Å². The Labute approximate surface area is 221 Å². The lowest BCUT2D eigenvalue weighted by molar-refractivity contribution is 0.423. The Bertz CT molecular complexity index is 1460. The summed E-state index contributed by atoms with van der Waals surface area (Å²) < 4.78 is 47.2. The van der Waals surface area contributed by atoms with Gasteiger partial charge in [0.2, 0.25) is 22.7 Å². The predicted octanol–water partition coefficient (Wildman–Crippen LogP) is 3.84. The van der Waals surface area contributed by atoms with Crippen LogP contribution in [0.25, 0.3) is 11.3 Å². The monoisotopic (exact) mass is 534 g/mol. The van der Waals surface area contributed by atoms with E-state index in [2.05, 4.69) is 30.3 Å². The number of pyridine rings is 1. The Morgan fingerprint density at radius 2 is 1.87 bits per heavy atom. The fourth-order valence-electron chi connectivity index (χ4n) is 4.41. The molecule has 4 aromatic rings. The molecule has 0 unspecified atom stereocenters. The highest BCUT2D eigenvalue weighted by molar-refractivity contribution is 7.70. The first kappa shape index (κ1) is 25.7. The normalized spacial score (nSPS) is 16.2. The second-order valence-electron chi connectivity index (χ2n) is 8.80. The number of hydrogen-bond acceptors (Lipinski definition) is 8. The SMILES string of the molecule is O=[SH](=O)N[C@@H](c1ccccc1)c1cccc(Oc2ncccc2-c2ccnc(N[C@H]3CCCNC3)n2)c1F. The molecule has 1 aliphatic rings. The maximum atomic E-state index is 15.8. The zero-order valence-corrected chi connectivity index (χ0v) is 21.3. The number of ether oxygens (including phenoxy) is 1. The van der Waals surface area contributed by atoms with E-state index in [0.717, 1.165) is 25.9 Å². The van der Waals surface area contributed by atoms with Gasteiger partial charge in [0.1, 0.15) is 0 Å². The van der Waals surface area contributed by atoms with E-state index in [4.69, 9.17) is 4.74 Å². The molecule has 9 nitrogen and oxygen atoms in total. The van der Waals surface area contributed by atoms with Crippen LogP contribution in [0.4, 0.5) is 10.3 Å². The van der Waals surface area contributed by atoms with Crippen molar-refractivity contribution in [2.45, 2.75) is 24.9 Å². The highest BCUT2D eigenvalue weighted by Crippen LogP contribution is 2.35. The zero-order valence-electron chi connectivity index (χ0n) is 20.4. The van der Waals surface area contributed by atoms with Crippen molar-refractivity contribution in [3.05, 3.63) is 96.1 Å². The van der Waals surface area contributed by atoms with Gasteiger partial charge >= 0.3 is 0 Å². The fourth-order valence-corrected chi connectivity index (χ4v) is 4.91. The topological polar surface area (TPSA) is 118 Å². The molecule has 0 bridgehead atoms. The second-order valence-corrected chi connectivity index (χ2v) is 9.57. The largest absolute Gasteiger partial charge is 0.435 e. The lowest BCUT2D eigenvalue weighted by atomic mass is 9.99. The van der Waals surface area contributed by atoms with E-state index in [1.165, 1.54) is 12.1 Å². The van der Waals surface area contributed by atoms with E-state index in [0.29, 0.717) is 22.8 Å². The summed E-state index contributed by atoms with van der Waals surface area (Å²) in [7, 11) is -3.00. The minimum atomic E-state index is -3.00. The molecule has 38 heavy (non-hydrogen) atoms. The number of aromatic nitrogens is 3. The van der Waals surface area contributed by atoms with Gasteiger partial charge in [0.15, 0.2) is 11.6 Å². The molecule has 1 saturated heterocycles. The van der Waals surface area contributed by atoms with Gasteiger partial charge in [0.25, 0.3) is 0 Å². The highest BCUT2D eigenvalue weighted by atomic mass is 32.2. The van der Waals surface area contributed by atoms with E-state index in [9.17, 15) is 8.42 Å². The number of benzene rings is 2. The number of nitrogens with one attached hydrogen (secondary N) is 3. The molecular weight excluding hydrogens is 507 g/mol. The van der Waals surface area contributed by atoms with Gasteiger partial charge in [0.05, 0.1) is 17.3 Å². The molecule has 0 amide bonds. The lowest BCUT2D eigenvalue weighted by Gasteiger charge is -2.23. The van der Waals surface area contributed by atoms with Crippen LogP contribution in [0.1, 0.15) is 30.0 Å². The predicted molar refractivity (Wildman–Crippen MR) is 143 cm³/mol. The molecule has 0 saturated carbocycles. The van der Waals surface area contributed by atoms with Crippen molar-refractivity contribution in [2.24, 2.45) is 0 Å². The number of rotatable bonds is 9. The zero-order chi connectivity index (χ0) is 26.3. The maximum Gasteiger partial charge on any atom is 0.228 e. The van der Waals surface area contributed by atoms with Crippen molar-refractivity contribution in [3.63, 3.8) is 0 Å². The Morgan fingerprint density at radius 1 is 1.00 bits per heavy atom. The summed E-state index contributed by atoms with van der Waals surface area (Å²) in [6.45, 7) is 1.84. The third-order valence-corrected chi connectivity index (χ3v) is 6.68. The summed E-state index contributed by atoms with van der Waals surface area (Å²) in [5, 5.41) is 6.71. The minimum Gasteiger partial charge on any atom is -0.435 e. The van der Waals surface area contributed by atoms with Gasteiger partial charge in [-0.25, -0.2) is 32.5 Å². The summed E-state index contributed by atoms with van der Waals surface area (Å²) in [4.78, 5) is 13.3. The smallest absolute Gasteiger partial charge is 0.228 e. The Balaban J connectivity index is 1.45. The van der Waals surface area contributed by atoms with Gasteiger partial charge in [-0.15, -0.1) is 0 Å². The molecule has 0 spiro atoms. The standard InChI is InChI=1S/C27H27FN6O3S/c28-24-21(25(34-38(35)36)18-7-2-1-3-8-18)10-4-12-23(24)37-26-20(11-6-15-30-26)22-13-16-31-27(33-22)32-19-9-5-14-29-17-19/h1-4,6-8,10-13,15-16,19,25,29,38H,5,9,14,17H2,(H,31,32,33)(H,34,35,36)/t19-,25-/m0/s1. The van der Waals surface area contributed by atoms with Crippen molar-refractivity contribution in [2.75, 3.05) is 18.4 Å². The quantitative estimate of drug-likeness (QED) is 0.239. The molecule has 0 radical (unpaired) electrons. The van der Waals surface area contributed by atoms with E-state index in [1.807, 2.05) is 0 Å². The average molecular weight is 535 g/mol. The first-order valence-corrected chi connectivity index (χ1v) is 13.4. The first-order valence-electron chi connectivity index (χ1n) is 12.3. The third-order valence-electron chi connectivity index (χ3n) is 6.21. The molecule has 2 aromatic heterocycles. The van der Waals surface area contributed by atoms with Crippen molar-refractivity contribution in [3.8, 4) is 22.9 Å². The van der Waals surface area contributed by atoms with E-state index in [1.54, 1.807) is 67.0 Å². The molecule has 3 heterocycles. The molecule has 5 rings (SSSR count). The van der Waals surface area contributed by atoms with Gasteiger partial charge in [-0.3, -0.25) is 0 Å². The Kier molecular flexibility index (Phi) is 8.17. The summed E-state index contributed by atoms with van der Waals surface area (Å²) in [6.07, 6.45) is 5.30. The van der Waals surface area contributed by atoms with Crippen LogP contribution in [0.2, 0.25) is 0 Å². The molecular formula is C27H27FN6O3S. The number of halogens is 1. The summed E-state index contributed by atoms with van der Waals surface area (Å²) in [5.74, 6) is -0.140. The van der Waals surface area contributed by atoms with Gasteiger partial charge in [-0.05, 0) is 49.2 Å². The van der Waals surface area contributed by atoms with Crippen LogP contribution in [-0.2, 0) is 10.9 Å². The summed E-state index contributed by atoms with van der Waals surface area (Å²) in [5.41, 5.74) is 1.85. The number of piperidine rings is 1. The van der Waals surface area contributed by atoms with Crippen LogP contribution in [0.15, 0.2) is 79.1 Å². The van der Waals surface area contributed by atoms with Crippen LogP contribution >= 0.6 is 0 Å². The molecule has 11 heteroatoms. The number of anilines is 1. The second kappa shape index (κ2) is 12.1. The molecule has 3 N–H and O–H groups in total.